The lowest BCUT2D eigenvalue weighted by Gasteiger charge is -2.30. The van der Waals surface area contributed by atoms with Crippen LogP contribution < -0.4 is 19.7 Å². The van der Waals surface area contributed by atoms with E-state index in [9.17, 15) is 14.4 Å². The van der Waals surface area contributed by atoms with Gasteiger partial charge in [0, 0.05) is 17.1 Å². The van der Waals surface area contributed by atoms with Gasteiger partial charge in [-0.2, -0.15) is 0 Å². The van der Waals surface area contributed by atoms with Gasteiger partial charge in [-0.15, -0.1) is 0 Å². The lowest BCUT2D eigenvalue weighted by Crippen LogP contribution is -2.55. The van der Waals surface area contributed by atoms with Gasteiger partial charge in [-0.3, -0.25) is 14.5 Å². The van der Waals surface area contributed by atoms with Gasteiger partial charge in [-0.25, -0.2) is 4.79 Å². The number of nitrogens with zero attached hydrogens (tertiary/aromatic N) is 2. The van der Waals surface area contributed by atoms with Gasteiger partial charge in [-0.1, -0.05) is 40.2 Å². The number of methoxy groups -OCH3 is 1. The van der Waals surface area contributed by atoms with Crippen molar-refractivity contribution in [3.8, 4) is 11.5 Å². The molecule has 0 radical (unpaired) electrons. The second-order valence-corrected chi connectivity index (χ2v) is 11.6. The van der Waals surface area contributed by atoms with Gasteiger partial charge in [-0.05, 0) is 68.8 Å². The Labute approximate surface area is 242 Å². The van der Waals surface area contributed by atoms with E-state index < -0.39 is 29.7 Å². The van der Waals surface area contributed by atoms with Crippen molar-refractivity contribution in [3.05, 3.63) is 64.6 Å². The van der Waals surface area contributed by atoms with Crippen LogP contribution in [0.1, 0.15) is 33.3 Å². The number of benzene rings is 3. The van der Waals surface area contributed by atoms with E-state index in [1.54, 1.807) is 45.8 Å². The molecule has 0 bridgehead atoms. The van der Waals surface area contributed by atoms with E-state index in [1.807, 2.05) is 48.5 Å². The molecule has 0 unspecified atom stereocenters. The number of likely N-dealkylation sites (N-methyl/N-ethyl adjacent to an activating group) is 1. The molecule has 0 fully saturated rings. The summed E-state index contributed by atoms with van der Waals surface area (Å²) in [4.78, 5) is 42.6. The third-order valence-electron chi connectivity index (χ3n) is 6.67. The molecule has 212 valence electrons. The predicted octanol–water partition coefficient (Wildman–Crippen LogP) is 5.28. The molecule has 0 aromatic heterocycles. The van der Waals surface area contributed by atoms with Crippen molar-refractivity contribution in [1.29, 1.82) is 0 Å². The van der Waals surface area contributed by atoms with Crippen LogP contribution in [0.5, 0.6) is 11.5 Å². The van der Waals surface area contributed by atoms with Crippen LogP contribution in [0.3, 0.4) is 0 Å². The Balaban J connectivity index is 1.64. The average Bonchev–Trinajstić information content (AvgIpc) is 3.03. The van der Waals surface area contributed by atoms with Crippen LogP contribution >= 0.6 is 15.9 Å². The highest BCUT2D eigenvalue weighted by molar-refractivity contribution is 9.10. The summed E-state index contributed by atoms with van der Waals surface area (Å²) in [5.74, 6) is 0.308. The van der Waals surface area contributed by atoms with Crippen LogP contribution in [-0.2, 0) is 20.9 Å². The summed E-state index contributed by atoms with van der Waals surface area (Å²) in [5, 5.41) is 4.71. The Kier molecular flexibility index (Phi) is 8.58. The number of rotatable bonds is 6. The molecule has 2 atom stereocenters. The fraction of sp³-hybridized carbons (Fsp3) is 0.367. The van der Waals surface area contributed by atoms with Crippen molar-refractivity contribution in [2.75, 3.05) is 25.7 Å². The quantitative estimate of drug-likeness (QED) is 0.407. The minimum absolute atomic E-state index is 0.0689. The lowest BCUT2D eigenvalue weighted by atomic mass is 10.0. The predicted molar refractivity (Wildman–Crippen MR) is 157 cm³/mol. The van der Waals surface area contributed by atoms with Crippen molar-refractivity contribution >= 4 is 50.3 Å². The number of nitrogens with one attached hydrogen (secondary N) is 1. The monoisotopic (exact) mass is 611 g/mol. The number of hydrogen-bond donors (Lipinski definition) is 1. The molecular weight excluding hydrogens is 578 g/mol. The Morgan fingerprint density at radius 1 is 1.18 bits per heavy atom. The lowest BCUT2D eigenvalue weighted by molar-refractivity contribution is -0.130. The molecule has 1 heterocycles. The van der Waals surface area contributed by atoms with Crippen molar-refractivity contribution in [1.82, 2.24) is 10.2 Å². The zero-order valence-electron chi connectivity index (χ0n) is 23.5. The molecular formula is C30H34BrN3O6. The topological polar surface area (TPSA) is 97.4 Å². The largest absolute Gasteiger partial charge is 0.496 e. The van der Waals surface area contributed by atoms with Gasteiger partial charge >= 0.3 is 6.09 Å². The first kappa shape index (κ1) is 29.2. The third-order valence-corrected chi connectivity index (χ3v) is 7.16. The van der Waals surface area contributed by atoms with Crippen molar-refractivity contribution < 1.29 is 28.6 Å². The smallest absolute Gasteiger partial charge is 0.410 e. The number of anilines is 1. The number of hydrogen-bond acceptors (Lipinski definition) is 6. The molecule has 10 heteroatoms. The molecule has 1 aliphatic rings. The van der Waals surface area contributed by atoms with Crippen LogP contribution in [-0.4, -0.2) is 61.3 Å². The number of ether oxygens (including phenoxy) is 3. The molecule has 1 N–H and O–H groups in total. The highest BCUT2D eigenvalue weighted by Crippen LogP contribution is 2.36. The highest BCUT2D eigenvalue weighted by Gasteiger charge is 2.35. The molecule has 0 aliphatic carbocycles. The third kappa shape index (κ3) is 6.33. The van der Waals surface area contributed by atoms with E-state index in [1.165, 1.54) is 11.9 Å². The van der Waals surface area contributed by atoms with Crippen LogP contribution in [0.15, 0.2) is 59.1 Å². The molecule has 3 amide bonds. The van der Waals surface area contributed by atoms with E-state index in [0.717, 1.165) is 20.8 Å². The van der Waals surface area contributed by atoms with Gasteiger partial charge in [0.1, 0.15) is 35.8 Å². The molecule has 3 aromatic carbocycles. The summed E-state index contributed by atoms with van der Waals surface area (Å²) in [5.41, 5.74) is 0.692. The number of carbonyl (C=O) groups excluding carboxylic acids is 3. The number of halogens is 1. The molecule has 3 aromatic rings. The molecule has 0 saturated carbocycles. The summed E-state index contributed by atoms with van der Waals surface area (Å²) < 4.78 is 18.0. The molecule has 1 aliphatic heterocycles. The highest BCUT2D eigenvalue weighted by atomic mass is 79.9. The normalized spacial score (nSPS) is 15.9. The first-order valence-electron chi connectivity index (χ1n) is 12.9. The van der Waals surface area contributed by atoms with Gasteiger partial charge in [0.2, 0.25) is 5.91 Å². The summed E-state index contributed by atoms with van der Waals surface area (Å²) in [7, 11) is 3.08. The van der Waals surface area contributed by atoms with E-state index in [4.69, 9.17) is 14.2 Å². The first-order chi connectivity index (χ1) is 18.9. The van der Waals surface area contributed by atoms with Crippen molar-refractivity contribution in [2.24, 2.45) is 0 Å². The Bertz CT molecular complexity index is 1440. The van der Waals surface area contributed by atoms with Crippen LogP contribution in [0.2, 0.25) is 0 Å². The molecule has 40 heavy (non-hydrogen) atoms. The van der Waals surface area contributed by atoms with Crippen LogP contribution in [0, 0.1) is 0 Å². The maximum atomic E-state index is 14.0. The van der Waals surface area contributed by atoms with E-state index in [2.05, 4.69) is 21.2 Å². The second kappa shape index (κ2) is 11.8. The minimum Gasteiger partial charge on any atom is -0.496 e. The molecule has 4 rings (SSSR count). The first-order valence-corrected chi connectivity index (χ1v) is 13.7. The zero-order chi connectivity index (χ0) is 29.2. The van der Waals surface area contributed by atoms with E-state index in [-0.39, 0.29) is 19.1 Å². The fourth-order valence-electron chi connectivity index (χ4n) is 4.44. The average molecular weight is 613 g/mol. The Morgan fingerprint density at radius 2 is 1.90 bits per heavy atom. The van der Waals surface area contributed by atoms with Crippen LogP contribution in [0.4, 0.5) is 10.5 Å². The number of amides is 3. The summed E-state index contributed by atoms with van der Waals surface area (Å²) in [6.45, 7) is 6.94. The fourth-order valence-corrected chi connectivity index (χ4v) is 4.82. The zero-order valence-corrected chi connectivity index (χ0v) is 25.1. The Morgan fingerprint density at radius 3 is 2.60 bits per heavy atom. The minimum atomic E-state index is -0.996. The summed E-state index contributed by atoms with van der Waals surface area (Å²) in [6, 6.07) is 15.1. The van der Waals surface area contributed by atoms with E-state index >= 15 is 0 Å². The SMILES string of the molecule is COc1ccc2cc(Br)ccc2c1CN1C(=O)[C@@H](NC(=O)[C@H](C)N(C)C(=O)OC(C)(C)C)COc2ccccc21. The second-order valence-electron chi connectivity index (χ2n) is 10.6. The van der Waals surface area contributed by atoms with Gasteiger partial charge in [0.25, 0.3) is 5.91 Å². The maximum absolute atomic E-state index is 14.0. The maximum Gasteiger partial charge on any atom is 0.410 e. The summed E-state index contributed by atoms with van der Waals surface area (Å²) >= 11 is 3.52. The number of para-hydroxylation sites is 2. The molecule has 0 spiro atoms. The van der Waals surface area contributed by atoms with Gasteiger partial charge < -0.3 is 24.4 Å². The van der Waals surface area contributed by atoms with Crippen molar-refractivity contribution in [3.63, 3.8) is 0 Å². The van der Waals surface area contributed by atoms with Crippen molar-refractivity contribution in [2.45, 2.75) is 51.9 Å². The van der Waals surface area contributed by atoms with Crippen LogP contribution in [0.25, 0.3) is 10.8 Å². The number of fused-ring (bicyclic) bond motifs is 2. The van der Waals surface area contributed by atoms with Gasteiger partial charge in [0.15, 0.2) is 0 Å². The van der Waals surface area contributed by atoms with Gasteiger partial charge in [0.05, 0.1) is 19.3 Å². The number of carbonyl (C=O) groups is 3. The molecule has 0 saturated heterocycles. The molecule has 9 nitrogen and oxygen atoms in total. The standard InChI is InChI=1S/C30H34BrN3O6/c1-18(33(5)29(37)40-30(2,3)4)27(35)32-23-17-39-26-10-8-7-9-24(26)34(28(23)36)16-22-21-13-12-20(31)15-19(21)11-14-25(22)38-6/h7-15,18,23H,16-17H2,1-6H3,(H,32,35)/t18-,23-/m0/s1. The van der Waals surface area contributed by atoms with E-state index in [0.29, 0.717) is 17.2 Å². The summed E-state index contributed by atoms with van der Waals surface area (Å²) in [6.07, 6.45) is -0.637. The Hall–Kier alpha value is -3.79.